The lowest BCUT2D eigenvalue weighted by atomic mass is 10.2. The second-order valence-electron chi connectivity index (χ2n) is 5.56. The fourth-order valence-corrected chi connectivity index (χ4v) is 2.74. The van der Waals surface area contributed by atoms with Crippen molar-refractivity contribution in [1.29, 1.82) is 0 Å². The van der Waals surface area contributed by atoms with Crippen LogP contribution in [-0.4, -0.2) is 33.4 Å². The number of halogens is 3. The van der Waals surface area contributed by atoms with Crippen LogP contribution in [0.1, 0.15) is 32.1 Å². The van der Waals surface area contributed by atoms with Gasteiger partial charge in [-0.05, 0) is 12.8 Å². The van der Waals surface area contributed by atoms with E-state index in [2.05, 4.69) is 20.7 Å². The minimum Gasteiger partial charge on any atom is -0.382 e. The van der Waals surface area contributed by atoms with E-state index in [0.717, 1.165) is 12.8 Å². The topological polar surface area (TPSA) is 54.2 Å². The summed E-state index contributed by atoms with van der Waals surface area (Å²) < 4.78 is 38.4. The molecule has 0 spiro atoms. The molecule has 0 saturated heterocycles. The van der Waals surface area contributed by atoms with Crippen molar-refractivity contribution in [3.63, 3.8) is 0 Å². The molecule has 120 valence electrons. The molecule has 1 saturated carbocycles. The van der Waals surface area contributed by atoms with E-state index in [1.807, 2.05) is 0 Å². The van der Waals surface area contributed by atoms with Gasteiger partial charge in [0.25, 0.3) is 0 Å². The highest BCUT2D eigenvalue weighted by Crippen LogP contribution is 2.25. The van der Waals surface area contributed by atoms with Crippen molar-refractivity contribution in [3.8, 4) is 0 Å². The molecule has 2 heterocycles. The van der Waals surface area contributed by atoms with E-state index in [-0.39, 0.29) is 6.54 Å². The molecule has 0 aromatic carbocycles. The smallest absolute Gasteiger partial charge is 0.382 e. The average Bonchev–Trinajstić information content (AvgIpc) is 3.08. The zero-order valence-electron chi connectivity index (χ0n) is 12.0. The molecule has 0 aliphatic heterocycles. The van der Waals surface area contributed by atoms with E-state index >= 15 is 0 Å². The fourth-order valence-electron chi connectivity index (χ4n) is 2.74. The third kappa shape index (κ3) is 3.61. The number of alkyl halides is 3. The van der Waals surface area contributed by atoms with Crippen molar-refractivity contribution in [3.05, 3.63) is 18.5 Å². The van der Waals surface area contributed by atoms with Crippen LogP contribution in [0.15, 0.2) is 18.5 Å². The number of nitrogens with one attached hydrogen (secondary N) is 2. The first-order chi connectivity index (χ1) is 10.5. The van der Waals surface area contributed by atoms with E-state index in [1.54, 1.807) is 23.0 Å². The third-order valence-electron chi connectivity index (χ3n) is 3.79. The van der Waals surface area contributed by atoms with Gasteiger partial charge in [0.2, 0.25) is 0 Å². The summed E-state index contributed by atoms with van der Waals surface area (Å²) in [5.74, 6) is 0.659. The predicted molar refractivity (Wildman–Crippen MR) is 78.0 cm³/mol. The first kappa shape index (κ1) is 14.9. The summed E-state index contributed by atoms with van der Waals surface area (Å²) in [6, 6.07) is 2.12. The Morgan fingerprint density at radius 2 is 2.05 bits per heavy atom. The molecule has 5 nitrogen and oxygen atoms in total. The number of fused-ring (bicyclic) bond motifs is 1. The van der Waals surface area contributed by atoms with Crippen molar-refractivity contribution in [1.82, 2.24) is 14.6 Å². The highest BCUT2D eigenvalue weighted by Gasteiger charge is 2.26. The molecule has 0 atom stereocenters. The zero-order valence-corrected chi connectivity index (χ0v) is 12.0. The molecule has 2 aromatic rings. The highest BCUT2D eigenvalue weighted by molar-refractivity contribution is 5.70. The van der Waals surface area contributed by atoms with Gasteiger partial charge >= 0.3 is 6.18 Å². The van der Waals surface area contributed by atoms with Gasteiger partial charge in [0.15, 0.2) is 5.65 Å². The zero-order chi connectivity index (χ0) is 15.6. The lowest BCUT2D eigenvalue weighted by molar-refractivity contribution is -0.131. The largest absolute Gasteiger partial charge is 0.390 e. The summed E-state index contributed by atoms with van der Waals surface area (Å²) in [7, 11) is 0. The van der Waals surface area contributed by atoms with Gasteiger partial charge in [0, 0.05) is 31.0 Å². The van der Waals surface area contributed by atoms with Gasteiger partial charge in [-0.15, -0.1) is 5.10 Å². The Kier molecular flexibility index (Phi) is 4.08. The number of aromatic nitrogens is 3. The Labute approximate surface area is 125 Å². The molecule has 0 bridgehead atoms. The molecule has 0 unspecified atom stereocenters. The Hall–Kier alpha value is -1.99. The second kappa shape index (κ2) is 6.02. The molecule has 0 amide bonds. The van der Waals surface area contributed by atoms with Gasteiger partial charge in [-0.2, -0.15) is 13.2 Å². The van der Waals surface area contributed by atoms with Gasteiger partial charge in [-0.25, -0.2) is 9.50 Å². The summed E-state index contributed by atoms with van der Waals surface area (Å²) >= 11 is 0. The van der Waals surface area contributed by atoms with Gasteiger partial charge in [0.1, 0.15) is 5.82 Å². The number of rotatable bonds is 5. The summed E-state index contributed by atoms with van der Waals surface area (Å²) in [5, 5.41) is 10.6. The molecule has 8 heteroatoms. The Morgan fingerprint density at radius 1 is 1.27 bits per heavy atom. The summed E-state index contributed by atoms with van der Waals surface area (Å²) in [4.78, 5) is 4.14. The first-order valence-electron chi connectivity index (χ1n) is 7.43. The third-order valence-corrected chi connectivity index (χ3v) is 3.79. The number of hydrogen-bond acceptors (Lipinski definition) is 4. The monoisotopic (exact) mass is 313 g/mol. The van der Waals surface area contributed by atoms with Gasteiger partial charge in [-0.1, -0.05) is 12.8 Å². The quantitative estimate of drug-likeness (QED) is 0.888. The average molecular weight is 313 g/mol. The molecule has 2 N–H and O–H groups in total. The Bertz CT molecular complexity index is 631. The molecule has 3 rings (SSSR count). The number of hydrogen-bond donors (Lipinski definition) is 2. The highest BCUT2D eigenvalue weighted by atomic mass is 19.4. The summed E-state index contributed by atoms with van der Waals surface area (Å²) in [5.41, 5.74) is 1.09. The number of imidazole rings is 1. The normalized spacial score (nSPS) is 16.3. The van der Waals surface area contributed by atoms with Crippen LogP contribution >= 0.6 is 0 Å². The van der Waals surface area contributed by atoms with Crippen LogP contribution in [0.5, 0.6) is 0 Å². The standard InChI is InChI=1S/C14H18F3N5/c15-14(16,17)5-6-18-11-9-12(20-10-3-1-2-4-10)21-22-8-7-19-13(11)22/h7-10,18H,1-6H2,(H,20,21). The maximum atomic E-state index is 12.3. The summed E-state index contributed by atoms with van der Waals surface area (Å²) in [6.45, 7) is -0.182. The van der Waals surface area contributed by atoms with Gasteiger partial charge in [-0.3, -0.25) is 0 Å². The lowest BCUT2D eigenvalue weighted by Gasteiger charge is -2.15. The molecule has 0 radical (unpaired) electrons. The SMILES string of the molecule is FC(F)(F)CCNc1cc(NC2CCCC2)nn2ccnc12. The van der Waals surface area contributed by atoms with E-state index in [1.165, 1.54) is 12.8 Å². The van der Waals surface area contributed by atoms with Crippen LogP contribution in [0.3, 0.4) is 0 Å². The van der Waals surface area contributed by atoms with Crippen molar-refractivity contribution in [2.45, 2.75) is 44.3 Å². The van der Waals surface area contributed by atoms with Crippen molar-refractivity contribution < 1.29 is 13.2 Å². The maximum Gasteiger partial charge on any atom is 0.390 e. The second-order valence-corrected chi connectivity index (χ2v) is 5.56. The minimum atomic E-state index is -4.17. The van der Waals surface area contributed by atoms with Crippen LogP contribution in [0.4, 0.5) is 24.7 Å². The molecule has 1 aliphatic carbocycles. The minimum absolute atomic E-state index is 0.182. The maximum absolute atomic E-state index is 12.3. The fraction of sp³-hybridized carbons (Fsp3) is 0.571. The van der Waals surface area contributed by atoms with Crippen LogP contribution in [0.2, 0.25) is 0 Å². The van der Waals surface area contributed by atoms with Gasteiger partial charge in [0.05, 0.1) is 12.1 Å². The summed E-state index contributed by atoms with van der Waals surface area (Å²) in [6.07, 6.45) is 2.80. The molecule has 1 aliphatic rings. The van der Waals surface area contributed by atoms with E-state index < -0.39 is 12.6 Å². The Morgan fingerprint density at radius 3 is 2.77 bits per heavy atom. The van der Waals surface area contributed by atoms with Crippen molar-refractivity contribution >= 4 is 17.2 Å². The molecule has 2 aromatic heterocycles. The number of nitrogens with zero attached hydrogens (tertiary/aromatic N) is 3. The predicted octanol–water partition coefficient (Wildman–Crippen LogP) is 3.45. The molecular formula is C14H18F3N5. The van der Waals surface area contributed by atoms with Crippen molar-refractivity contribution in [2.75, 3.05) is 17.2 Å². The van der Waals surface area contributed by atoms with E-state index in [0.29, 0.717) is 23.2 Å². The van der Waals surface area contributed by atoms with E-state index in [9.17, 15) is 13.2 Å². The van der Waals surface area contributed by atoms with Crippen LogP contribution in [0, 0.1) is 0 Å². The number of anilines is 2. The van der Waals surface area contributed by atoms with Gasteiger partial charge < -0.3 is 10.6 Å². The van der Waals surface area contributed by atoms with Crippen LogP contribution in [0.25, 0.3) is 5.65 Å². The van der Waals surface area contributed by atoms with Crippen LogP contribution < -0.4 is 10.6 Å². The van der Waals surface area contributed by atoms with E-state index in [4.69, 9.17) is 0 Å². The lowest BCUT2D eigenvalue weighted by Crippen LogP contribution is -2.18. The van der Waals surface area contributed by atoms with Crippen molar-refractivity contribution in [2.24, 2.45) is 0 Å². The molecular weight excluding hydrogens is 295 g/mol. The van der Waals surface area contributed by atoms with Crippen LogP contribution in [-0.2, 0) is 0 Å². The first-order valence-corrected chi connectivity index (χ1v) is 7.43. The molecule has 22 heavy (non-hydrogen) atoms. The molecule has 1 fully saturated rings. The Balaban J connectivity index is 1.76.